The molecule has 1 aliphatic rings. The van der Waals surface area contributed by atoms with Crippen LogP contribution in [0.1, 0.15) is 13.8 Å². The molecule has 11 heavy (non-hydrogen) atoms. The second-order valence-electron chi connectivity index (χ2n) is 2.89. The average molecular weight is 157 g/mol. The van der Waals surface area contributed by atoms with Gasteiger partial charge in [-0.2, -0.15) is 0 Å². The van der Waals surface area contributed by atoms with Crippen LogP contribution in [0.25, 0.3) is 0 Å². The highest BCUT2D eigenvalue weighted by Crippen LogP contribution is 2.09. The Morgan fingerprint density at radius 3 is 2.64 bits per heavy atom. The largest absolute Gasteiger partial charge is 0.358 e. The van der Waals surface area contributed by atoms with Gasteiger partial charge in [0.25, 0.3) is 11.8 Å². The van der Waals surface area contributed by atoms with Gasteiger partial charge in [0.2, 0.25) is 0 Å². The second kappa shape index (κ2) is 3.00. The van der Waals surface area contributed by atoms with E-state index in [2.05, 4.69) is 5.32 Å². The number of morpholine rings is 1. The summed E-state index contributed by atoms with van der Waals surface area (Å²) in [6, 6.07) is 0. The van der Waals surface area contributed by atoms with E-state index in [-0.39, 0.29) is 24.3 Å². The van der Waals surface area contributed by atoms with Crippen molar-refractivity contribution in [1.82, 2.24) is 5.32 Å². The van der Waals surface area contributed by atoms with Gasteiger partial charge in [-0.05, 0) is 5.92 Å². The molecule has 1 fully saturated rings. The number of carbonyl (C=O) groups is 2. The van der Waals surface area contributed by atoms with Crippen LogP contribution in [0.4, 0.5) is 0 Å². The maximum atomic E-state index is 11.0. The van der Waals surface area contributed by atoms with Gasteiger partial charge in [-0.3, -0.25) is 14.9 Å². The average Bonchev–Trinajstić information content (AvgIpc) is 1.85. The summed E-state index contributed by atoms with van der Waals surface area (Å²) < 4.78 is 5.00. The zero-order valence-electron chi connectivity index (χ0n) is 6.59. The van der Waals surface area contributed by atoms with Gasteiger partial charge in [-0.25, -0.2) is 0 Å². The van der Waals surface area contributed by atoms with E-state index in [9.17, 15) is 9.59 Å². The lowest BCUT2D eigenvalue weighted by Gasteiger charge is -2.23. The number of amides is 2. The molecule has 0 bridgehead atoms. The van der Waals surface area contributed by atoms with Gasteiger partial charge in [0.05, 0.1) is 0 Å². The summed E-state index contributed by atoms with van der Waals surface area (Å²) in [5, 5.41) is 2.21. The van der Waals surface area contributed by atoms with E-state index >= 15 is 0 Å². The first-order valence-corrected chi connectivity index (χ1v) is 3.56. The van der Waals surface area contributed by atoms with Gasteiger partial charge in [-0.15, -0.1) is 0 Å². The molecule has 1 aliphatic heterocycles. The minimum absolute atomic E-state index is 0.00537. The molecular formula is C7H11NO3. The lowest BCUT2D eigenvalue weighted by Crippen LogP contribution is -2.50. The number of rotatable bonds is 1. The molecule has 1 N–H and O–H groups in total. The van der Waals surface area contributed by atoms with Gasteiger partial charge in [0.15, 0.2) is 0 Å². The number of hydrogen-bond donors (Lipinski definition) is 1. The highest BCUT2D eigenvalue weighted by atomic mass is 16.5. The molecule has 1 unspecified atom stereocenters. The van der Waals surface area contributed by atoms with Crippen molar-refractivity contribution in [3.63, 3.8) is 0 Å². The first-order valence-electron chi connectivity index (χ1n) is 3.56. The second-order valence-corrected chi connectivity index (χ2v) is 2.89. The third kappa shape index (κ3) is 1.77. The Morgan fingerprint density at radius 2 is 2.18 bits per heavy atom. The first kappa shape index (κ1) is 8.20. The number of nitrogens with one attached hydrogen (secondary N) is 1. The Labute approximate surface area is 64.9 Å². The predicted octanol–water partition coefficient (Wildman–Crippen LogP) is -0.316. The zero-order chi connectivity index (χ0) is 8.43. The fraction of sp³-hybridized carbons (Fsp3) is 0.714. The van der Waals surface area contributed by atoms with Gasteiger partial charge < -0.3 is 4.74 Å². The summed E-state index contributed by atoms with van der Waals surface area (Å²) in [5.74, 6) is -0.564. The molecule has 0 aromatic heterocycles. The van der Waals surface area contributed by atoms with E-state index in [4.69, 9.17) is 4.74 Å². The quantitative estimate of drug-likeness (QED) is 0.531. The molecule has 0 aliphatic carbocycles. The monoisotopic (exact) mass is 157 g/mol. The molecule has 1 saturated heterocycles. The van der Waals surface area contributed by atoms with Crippen molar-refractivity contribution in [1.29, 1.82) is 0 Å². The van der Waals surface area contributed by atoms with Crippen LogP contribution in [0.3, 0.4) is 0 Å². The van der Waals surface area contributed by atoms with Crippen molar-refractivity contribution in [2.45, 2.75) is 20.0 Å². The van der Waals surface area contributed by atoms with Crippen molar-refractivity contribution in [3.05, 3.63) is 0 Å². The molecule has 0 aromatic carbocycles. The summed E-state index contributed by atoms with van der Waals surface area (Å²) in [6.45, 7) is 3.74. The lowest BCUT2D eigenvalue weighted by molar-refractivity contribution is -0.152. The number of hydrogen-bond acceptors (Lipinski definition) is 3. The third-order valence-corrected chi connectivity index (χ3v) is 1.52. The molecule has 2 amide bonds. The molecule has 4 heteroatoms. The van der Waals surface area contributed by atoms with Crippen LogP contribution in [-0.2, 0) is 14.3 Å². The summed E-state index contributed by atoms with van der Waals surface area (Å²) in [5.41, 5.74) is 0. The standard InChI is InChI=1S/C7H11NO3/c1-4(2)6-7(10)8-5(9)3-11-6/h4,6H,3H2,1-2H3,(H,8,9,10). The third-order valence-electron chi connectivity index (χ3n) is 1.52. The van der Waals surface area contributed by atoms with Crippen LogP contribution in [0.15, 0.2) is 0 Å². The molecule has 1 atom stereocenters. The van der Waals surface area contributed by atoms with Crippen molar-refractivity contribution in [2.75, 3.05) is 6.61 Å². The summed E-state index contributed by atoms with van der Waals surface area (Å²) in [7, 11) is 0. The molecule has 0 aromatic rings. The van der Waals surface area contributed by atoms with Crippen LogP contribution in [0, 0.1) is 5.92 Å². The number of imide groups is 1. The summed E-state index contributed by atoms with van der Waals surface area (Å²) >= 11 is 0. The lowest BCUT2D eigenvalue weighted by atomic mass is 10.1. The van der Waals surface area contributed by atoms with E-state index in [1.165, 1.54) is 0 Å². The number of carbonyl (C=O) groups excluding carboxylic acids is 2. The SMILES string of the molecule is CC(C)C1OCC(=O)NC1=O. The highest BCUT2D eigenvalue weighted by Gasteiger charge is 2.29. The first-order chi connectivity index (χ1) is 5.11. The maximum absolute atomic E-state index is 11.0. The zero-order valence-corrected chi connectivity index (χ0v) is 6.59. The fourth-order valence-corrected chi connectivity index (χ4v) is 0.981. The van der Waals surface area contributed by atoms with E-state index in [1.54, 1.807) is 0 Å². The molecule has 62 valence electrons. The van der Waals surface area contributed by atoms with Gasteiger partial charge in [0.1, 0.15) is 12.7 Å². The van der Waals surface area contributed by atoms with E-state index in [0.717, 1.165) is 0 Å². The molecular weight excluding hydrogens is 146 g/mol. The minimum Gasteiger partial charge on any atom is -0.358 e. The summed E-state index contributed by atoms with van der Waals surface area (Å²) in [6.07, 6.45) is -0.465. The molecule has 4 nitrogen and oxygen atoms in total. The summed E-state index contributed by atoms with van der Waals surface area (Å²) in [4.78, 5) is 21.6. The van der Waals surface area contributed by atoms with Crippen LogP contribution in [0.5, 0.6) is 0 Å². The Bertz CT molecular complexity index is 188. The van der Waals surface area contributed by atoms with Crippen molar-refractivity contribution >= 4 is 11.8 Å². The van der Waals surface area contributed by atoms with Crippen molar-refractivity contribution in [2.24, 2.45) is 5.92 Å². The van der Waals surface area contributed by atoms with E-state index in [1.807, 2.05) is 13.8 Å². The molecule has 0 radical (unpaired) electrons. The molecule has 0 spiro atoms. The van der Waals surface area contributed by atoms with Gasteiger partial charge in [-0.1, -0.05) is 13.8 Å². The Kier molecular flexibility index (Phi) is 2.24. The topological polar surface area (TPSA) is 55.4 Å². The Hall–Kier alpha value is -0.900. The Morgan fingerprint density at radius 1 is 1.55 bits per heavy atom. The molecule has 0 saturated carbocycles. The van der Waals surface area contributed by atoms with Crippen LogP contribution < -0.4 is 5.32 Å². The van der Waals surface area contributed by atoms with Crippen LogP contribution in [0.2, 0.25) is 0 Å². The van der Waals surface area contributed by atoms with E-state index in [0.29, 0.717) is 0 Å². The minimum atomic E-state index is -0.465. The van der Waals surface area contributed by atoms with E-state index < -0.39 is 6.10 Å². The van der Waals surface area contributed by atoms with Crippen LogP contribution in [-0.4, -0.2) is 24.5 Å². The van der Waals surface area contributed by atoms with Crippen molar-refractivity contribution < 1.29 is 14.3 Å². The fourth-order valence-electron chi connectivity index (χ4n) is 0.981. The van der Waals surface area contributed by atoms with Gasteiger partial charge in [0, 0.05) is 0 Å². The van der Waals surface area contributed by atoms with Crippen LogP contribution >= 0.6 is 0 Å². The number of ether oxygens (including phenoxy) is 1. The smallest absolute Gasteiger partial charge is 0.256 e. The molecule has 1 heterocycles. The Balaban J connectivity index is 2.57. The maximum Gasteiger partial charge on any atom is 0.256 e. The molecule has 1 rings (SSSR count). The highest BCUT2D eigenvalue weighted by molar-refractivity contribution is 5.99. The normalized spacial score (nSPS) is 25.5. The van der Waals surface area contributed by atoms with Gasteiger partial charge >= 0.3 is 0 Å². The van der Waals surface area contributed by atoms with Crippen molar-refractivity contribution in [3.8, 4) is 0 Å². The predicted molar refractivity (Wildman–Crippen MR) is 37.7 cm³/mol.